The maximum absolute atomic E-state index is 5.19. The van der Waals surface area contributed by atoms with Crippen molar-refractivity contribution in [3.05, 3.63) is 200 Å². The van der Waals surface area contributed by atoms with Crippen molar-refractivity contribution >= 4 is 31.5 Å². The van der Waals surface area contributed by atoms with E-state index in [4.69, 9.17) is 15.0 Å². The summed E-state index contributed by atoms with van der Waals surface area (Å²) in [6.45, 7) is 0. The van der Waals surface area contributed by atoms with Crippen LogP contribution in [0.2, 0.25) is 0 Å². The van der Waals surface area contributed by atoms with Gasteiger partial charge in [0.25, 0.3) is 0 Å². The summed E-state index contributed by atoms with van der Waals surface area (Å²) in [6.07, 6.45) is 0. The molecule has 8 aromatic carbocycles. The van der Waals surface area contributed by atoms with Gasteiger partial charge in [0.2, 0.25) is 0 Å². The lowest BCUT2D eigenvalue weighted by Crippen LogP contribution is -2.00. The van der Waals surface area contributed by atoms with E-state index in [9.17, 15) is 0 Å². The fourth-order valence-electron chi connectivity index (χ4n) is 7.32. The highest BCUT2D eigenvalue weighted by Gasteiger charge is 2.18. The molecule has 0 spiro atoms. The van der Waals surface area contributed by atoms with E-state index in [1.54, 1.807) is 11.3 Å². The molecular formula is C51H33N3S. The van der Waals surface area contributed by atoms with Gasteiger partial charge in [-0.15, -0.1) is 11.3 Å². The van der Waals surface area contributed by atoms with Gasteiger partial charge in [-0.1, -0.05) is 182 Å². The lowest BCUT2D eigenvalue weighted by atomic mass is 9.98. The Morgan fingerprint density at radius 3 is 1.16 bits per heavy atom. The smallest absolute Gasteiger partial charge is 0.164 e. The van der Waals surface area contributed by atoms with E-state index in [0.717, 1.165) is 33.2 Å². The molecule has 0 saturated heterocycles. The van der Waals surface area contributed by atoms with E-state index in [1.165, 1.54) is 48.2 Å². The van der Waals surface area contributed by atoms with Crippen LogP contribution in [0.4, 0.5) is 0 Å². The van der Waals surface area contributed by atoms with Crippen molar-refractivity contribution in [2.75, 3.05) is 0 Å². The van der Waals surface area contributed by atoms with E-state index in [0.29, 0.717) is 17.5 Å². The first-order valence-corrected chi connectivity index (χ1v) is 19.2. The van der Waals surface area contributed by atoms with E-state index in [-0.39, 0.29) is 0 Å². The summed E-state index contributed by atoms with van der Waals surface area (Å²) in [5, 5.41) is 2.36. The molecule has 10 aromatic rings. The SMILES string of the molecule is c1ccc(-c2ccc(-c3ccc(-c4nc(-c5ccccc5)nc(-c5cccc6sc7ccc(-c8ccc(-c9ccccc9)cc8)cc7c56)n4)cc3)cc2)cc1. The third kappa shape index (κ3) is 6.39. The first kappa shape index (κ1) is 32.6. The molecule has 2 aromatic heterocycles. The van der Waals surface area contributed by atoms with Gasteiger partial charge in [0.05, 0.1) is 0 Å². The number of fused-ring (bicyclic) bond motifs is 3. The van der Waals surface area contributed by atoms with Crippen molar-refractivity contribution in [1.29, 1.82) is 0 Å². The Morgan fingerprint density at radius 2 is 0.655 bits per heavy atom. The van der Waals surface area contributed by atoms with Crippen LogP contribution in [0.5, 0.6) is 0 Å². The van der Waals surface area contributed by atoms with Crippen LogP contribution in [0.3, 0.4) is 0 Å². The Bertz CT molecular complexity index is 2920. The minimum atomic E-state index is 0.644. The Morgan fingerprint density at radius 1 is 0.273 bits per heavy atom. The molecule has 0 radical (unpaired) electrons. The second kappa shape index (κ2) is 14.1. The molecule has 258 valence electrons. The van der Waals surface area contributed by atoms with Gasteiger partial charge in [0.15, 0.2) is 17.5 Å². The molecule has 0 atom stereocenters. The zero-order valence-corrected chi connectivity index (χ0v) is 30.6. The van der Waals surface area contributed by atoms with E-state index < -0.39 is 0 Å². The first-order chi connectivity index (χ1) is 27.2. The lowest BCUT2D eigenvalue weighted by Gasteiger charge is -2.10. The number of aromatic nitrogens is 3. The largest absolute Gasteiger partial charge is 0.208 e. The molecule has 0 aliphatic carbocycles. The molecule has 4 heteroatoms. The molecule has 0 fully saturated rings. The maximum Gasteiger partial charge on any atom is 0.164 e. The monoisotopic (exact) mass is 719 g/mol. The molecule has 0 unspecified atom stereocenters. The van der Waals surface area contributed by atoms with Gasteiger partial charge in [0, 0.05) is 36.9 Å². The highest BCUT2D eigenvalue weighted by atomic mass is 32.1. The van der Waals surface area contributed by atoms with Crippen LogP contribution >= 0.6 is 11.3 Å². The molecule has 0 saturated carbocycles. The molecule has 0 aliphatic heterocycles. The predicted octanol–water partition coefficient (Wildman–Crippen LogP) is 13.9. The fraction of sp³-hybridized carbons (Fsp3) is 0. The summed E-state index contributed by atoms with van der Waals surface area (Å²) in [7, 11) is 0. The molecule has 0 bridgehead atoms. The average Bonchev–Trinajstić information content (AvgIpc) is 3.66. The highest BCUT2D eigenvalue weighted by molar-refractivity contribution is 7.26. The molecule has 0 amide bonds. The fourth-order valence-corrected chi connectivity index (χ4v) is 8.43. The van der Waals surface area contributed by atoms with Crippen molar-refractivity contribution in [2.24, 2.45) is 0 Å². The molecule has 55 heavy (non-hydrogen) atoms. The average molecular weight is 720 g/mol. The number of thiophene rings is 1. The number of nitrogens with zero attached hydrogens (tertiary/aromatic N) is 3. The van der Waals surface area contributed by atoms with Crippen LogP contribution < -0.4 is 0 Å². The number of benzene rings is 8. The highest BCUT2D eigenvalue weighted by Crippen LogP contribution is 2.41. The van der Waals surface area contributed by atoms with Crippen LogP contribution in [0.25, 0.3) is 98.8 Å². The van der Waals surface area contributed by atoms with Gasteiger partial charge in [-0.2, -0.15) is 0 Å². The van der Waals surface area contributed by atoms with Crippen LogP contribution in [-0.2, 0) is 0 Å². The van der Waals surface area contributed by atoms with E-state index in [1.807, 2.05) is 24.3 Å². The van der Waals surface area contributed by atoms with Crippen molar-refractivity contribution < 1.29 is 0 Å². The lowest BCUT2D eigenvalue weighted by molar-refractivity contribution is 1.08. The minimum absolute atomic E-state index is 0.644. The summed E-state index contributed by atoms with van der Waals surface area (Å²) in [5.74, 6) is 1.95. The zero-order valence-electron chi connectivity index (χ0n) is 29.8. The summed E-state index contributed by atoms with van der Waals surface area (Å²) >= 11 is 1.80. The molecule has 3 nitrogen and oxygen atoms in total. The number of rotatable bonds is 7. The second-order valence-corrected chi connectivity index (χ2v) is 14.7. The van der Waals surface area contributed by atoms with Gasteiger partial charge in [-0.05, 0) is 62.7 Å². The Kier molecular flexibility index (Phi) is 8.36. The summed E-state index contributed by atoms with van der Waals surface area (Å²) < 4.78 is 2.44. The van der Waals surface area contributed by atoms with Gasteiger partial charge in [0.1, 0.15) is 0 Å². The summed E-state index contributed by atoms with van der Waals surface area (Å²) in [4.78, 5) is 15.4. The van der Waals surface area contributed by atoms with Gasteiger partial charge >= 0.3 is 0 Å². The normalized spacial score (nSPS) is 11.3. The molecule has 2 heterocycles. The summed E-state index contributed by atoms with van der Waals surface area (Å²) in [5.41, 5.74) is 12.4. The third-order valence-corrected chi connectivity index (χ3v) is 11.3. The Labute approximate surface area is 323 Å². The number of hydrogen-bond acceptors (Lipinski definition) is 4. The maximum atomic E-state index is 5.19. The standard InChI is InChI=1S/C51H33N3S/c1-4-11-34(12-5-1)36-19-21-38(22-20-36)39-27-29-42(30-28-39)50-52-49(41-15-8-3-9-16-41)53-51(54-50)44-17-10-18-47-48(44)45-33-43(31-32-46(45)55-47)40-25-23-37(24-26-40)35-13-6-2-7-14-35/h1-33H. The van der Waals surface area contributed by atoms with Gasteiger partial charge in [-0.3, -0.25) is 0 Å². The zero-order chi connectivity index (χ0) is 36.6. The molecular weight excluding hydrogens is 687 g/mol. The van der Waals surface area contributed by atoms with Crippen molar-refractivity contribution in [2.45, 2.75) is 0 Å². The third-order valence-electron chi connectivity index (χ3n) is 10.2. The van der Waals surface area contributed by atoms with Crippen LogP contribution in [0.1, 0.15) is 0 Å². The van der Waals surface area contributed by atoms with Crippen LogP contribution in [0, 0.1) is 0 Å². The van der Waals surface area contributed by atoms with Gasteiger partial charge in [-0.25, -0.2) is 15.0 Å². The Balaban J connectivity index is 1.05. The molecule has 0 aliphatic rings. The minimum Gasteiger partial charge on any atom is -0.208 e. The molecule has 10 rings (SSSR count). The summed E-state index contributed by atoms with van der Waals surface area (Å²) in [6, 6.07) is 70.5. The second-order valence-electron chi connectivity index (χ2n) is 13.6. The van der Waals surface area contributed by atoms with Crippen molar-refractivity contribution in [3.63, 3.8) is 0 Å². The van der Waals surface area contributed by atoms with Crippen molar-refractivity contribution in [3.8, 4) is 78.7 Å². The van der Waals surface area contributed by atoms with E-state index in [2.05, 4.69) is 176 Å². The van der Waals surface area contributed by atoms with Crippen LogP contribution in [-0.4, -0.2) is 15.0 Å². The van der Waals surface area contributed by atoms with E-state index >= 15 is 0 Å². The topological polar surface area (TPSA) is 38.7 Å². The quantitative estimate of drug-likeness (QED) is 0.165. The molecule has 0 N–H and O–H groups in total. The van der Waals surface area contributed by atoms with Crippen molar-refractivity contribution in [1.82, 2.24) is 15.0 Å². The first-order valence-electron chi connectivity index (χ1n) is 18.4. The predicted molar refractivity (Wildman–Crippen MR) is 231 cm³/mol. The van der Waals surface area contributed by atoms with Crippen LogP contribution in [0.15, 0.2) is 200 Å². The Hall–Kier alpha value is -7.01. The van der Waals surface area contributed by atoms with Gasteiger partial charge < -0.3 is 0 Å². The number of hydrogen-bond donors (Lipinski definition) is 0.